The lowest BCUT2D eigenvalue weighted by Gasteiger charge is -2.21. The summed E-state index contributed by atoms with van der Waals surface area (Å²) >= 11 is 0. The Bertz CT molecular complexity index is 638. The Kier molecular flexibility index (Phi) is 5.20. The first-order chi connectivity index (χ1) is 11.2. The minimum atomic E-state index is -0.834. The van der Waals surface area contributed by atoms with Crippen LogP contribution in [0.15, 0.2) is 48.5 Å². The molecule has 0 saturated heterocycles. The van der Waals surface area contributed by atoms with Gasteiger partial charge in [-0.15, -0.1) is 0 Å². The predicted molar refractivity (Wildman–Crippen MR) is 89.8 cm³/mol. The molecule has 0 spiro atoms. The molecule has 0 aliphatic heterocycles. The minimum absolute atomic E-state index is 0.112. The fourth-order valence-electron chi connectivity index (χ4n) is 2.32. The lowest BCUT2D eigenvalue weighted by atomic mass is 9.93. The zero-order valence-corrected chi connectivity index (χ0v) is 14.2. The summed E-state index contributed by atoms with van der Waals surface area (Å²) in [5.74, 6) is -0.112. The Balaban J connectivity index is 2.23. The van der Waals surface area contributed by atoms with Crippen LogP contribution in [0.5, 0.6) is 0 Å². The summed E-state index contributed by atoms with van der Waals surface area (Å²) < 4.78 is 0. The SMILES string of the molecule is CC(C)(OO)c1ccc(C(=O)c2ccc(C(C)(C)OO)cc2)cc1. The molecule has 5 nitrogen and oxygen atoms in total. The maximum Gasteiger partial charge on any atom is 0.193 e. The van der Waals surface area contributed by atoms with Crippen molar-refractivity contribution in [1.29, 1.82) is 0 Å². The highest BCUT2D eigenvalue weighted by molar-refractivity contribution is 6.09. The smallest absolute Gasteiger partial charge is 0.193 e. The van der Waals surface area contributed by atoms with Crippen molar-refractivity contribution in [3.8, 4) is 0 Å². The molecule has 0 aromatic heterocycles. The first kappa shape index (κ1) is 18.3. The van der Waals surface area contributed by atoms with Gasteiger partial charge in [0.2, 0.25) is 0 Å². The molecule has 0 bridgehead atoms. The molecule has 0 aliphatic carbocycles. The Labute approximate surface area is 141 Å². The van der Waals surface area contributed by atoms with Crippen molar-refractivity contribution in [3.63, 3.8) is 0 Å². The standard InChI is InChI=1S/C19H22O5/c1-18(2,23-21)15-9-5-13(6-10-15)17(20)14-7-11-16(12-8-14)19(3,4)24-22/h5-12,21-22H,1-4H3. The van der Waals surface area contributed by atoms with Gasteiger partial charge >= 0.3 is 0 Å². The first-order valence-corrected chi connectivity index (χ1v) is 7.62. The molecule has 0 fully saturated rings. The van der Waals surface area contributed by atoms with Crippen LogP contribution in [-0.2, 0) is 21.0 Å². The molecule has 2 N–H and O–H groups in total. The molecule has 128 valence electrons. The third kappa shape index (κ3) is 3.71. The van der Waals surface area contributed by atoms with Gasteiger partial charge in [-0.25, -0.2) is 9.78 Å². The van der Waals surface area contributed by atoms with Gasteiger partial charge in [-0.3, -0.25) is 15.3 Å². The topological polar surface area (TPSA) is 76.0 Å². The molecular weight excluding hydrogens is 308 g/mol. The summed E-state index contributed by atoms with van der Waals surface area (Å²) in [6.45, 7) is 6.92. The molecule has 24 heavy (non-hydrogen) atoms. The summed E-state index contributed by atoms with van der Waals surface area (Å²) in [5, 5.41) is 17.8. The first-order valence-electron chi connectivity index (χ1n) is 7.62. The maximum atomic E-state index is 12.5. The van der Waals surface area contributed by atoms with Gasteiger partial charge in [0.05, 0.1) is 0 Å². The highest BCUT2D eigenvalue weighted by Gasteiger charge is 2.23. The molecule has 0 unspecified atom stereocenters. The van der Waals surface area contributed by atoms with Gasteiger partial charge < -0.3 is 0 Å². The van der Waals surface area contributed by atoms with E-state index in [1.165, 1.54) is 0 Å². The lowest BCUT2D eigenvalue weighted by Crippen LogP contribution is -2.20. The summed E-state index contributed by atoms with van der Waals surface area (Å²) in [6.07, 6.45) is 0. The van der Waals surface area contributed by atoms with Gasteiger partial charge in [0.1, 0.15) is 11.2 Å². The molecule has 2 rings (SSSR count). The van der Waals surface area contributed by atoms with Crippen LogP contribution in [0.1, 0.15) is 54.7 Å². The largest absolute Gasteiger partial charge is 0.289 e. The number of benzene rings is 2. The fourth-order valence-corrected chi connectivity index (χ4v) is 2.32. The van der Waals surface area contributed by atoms with Crippen LogP contribution in [0.25, 0.3) is 0 Å². The Morgan fingerprint density at radius 3 is 1.25 bits per heavy atom. The molecule has 0 saturated carbocycles. The number of rotatable bonds is 6. The summed E-state index contributed by atoms with van der Waals surface area (Å²) in [5.41, 5.74) is 0.936. The van der Waals surface area contributed by atoms with Crippen molar-refractivity contribution in [2.75, 3.05) is 0 Å². The molecular formula is C19H22O5. The predicted octanol–water partition coefficient (Wildman–Crippen LogP) is 4.37. The maximum absolute atomic E-state index is 12.5. The number of carbonyl (C=O) groups is 1. The lowest BCUT2D eigenvalue weighted by molar-refractivity contribution is -0.318. The minimum Gasteiger partial charge on any atom is -0.289 e. The molecule has 2 aromatic rings. The fraction of sp³-hybridized carbons (Fsp3) is 0.316. The van der Waals surface area contributed by atoms with E-state index in [1.807, 2.05) is 0 Å². The zero-order chi connectivity index (χ0) is 18.0. The summed E-state index contributed by atoms with van der Waals surface area (Å²) in [7, 11) is 0. The summed E-state index contributed by atoms with van der Waals surface area (Å²) in [4.78, 5) is 21.4. The number of ketones is 1. The second-order valence-corrected chi connectivity index (χ2v) is 6.69. The molecule has 0 radical (unpaired) electrons. The molecule has 0 atom stereocenters. The van der Waals surface area contributed by atoms with Crippen LogP contribution < -0.4 is 0 Å². The van der Waals surface area contributed by atoms with Crippen LogP contribution in [0, 0.1) is 0 Å². The van der Waals surface area contributed by atoms with Crippen LogP contribution >= 0.6 is 0 Å². The van der Waals surface area contributed by atoms with Gasteiger partial charge in [-0.2, -0.15) is 0 Å². The second kappa shape index (κ2) is 6.83. The van der Waals surface area contributed by atoms with E-state index in [2.05, 4.69) is 9.78 Å². The number of carbonyl (C=O) groups excluding carboxylic acids is 1. The molecule has 0 aliphatic rings. The van der Waals surface area contributed by atoms with Gasteiger partial charge in [0.15, 0.2) is 5.78 Å². The van der Waals surface area contributed by atoms with E-state index in [4.69, 9.17) is 10.5 Å². The van der Waals surface area contributed by atoms with E-state index < -0.39 is 11.2 Å². The van der Waals surface area contributed by atoms with Gasteiger partial charge in [0, 0.05) is 11.1 Å². The second-order valence-electron chi connectivity index (χ2n) is 6.69. The van der Waals surface area contributed by atoms with E-state index >= 15 is 0 Å². The highest BCUT2D eigenvalue weighted by atomic mass is 17.1. The van der Waals surface area contributed by atoms with Crippen molar-refractivity contribution >= 4 is 5.78 Å². The van der Waals surface area contributed by atoms with Crippen LogP contribution in [0.4, 0.5) is 0 Å². The third-order valence-corrected chi connectivity index (χ3v) is 4.14. The number of hydrogen-bond donors (Lipinski definition) is 2. The average Bonchev–Trinajstić information content (AvgIpc) is 2.61. The van der Waals surface area contributed by atoms with Gasteiger partial charge in [-0.05, 0) is 38.8 Å². The average molecular weight is 330 g/mol. The monoisotopic (exact) mass is 330 g/mol. The van der Waals surface area contributed by atoms with Crippen molar-refractivity contribution in [1.82, 2.24) is 0 Å². The normalized spacial score (nSPS) is 12.2. The molecule has 0 heterocycles. The van der Waals surface area contributed by atoms with E-state index in [0.29, 0.717) is 11.1 Å². The van der Waals surface area contributed by atoms with E-state index in [0.717, 1.165) is 11.1 Å². The highest BCUT2D eigenvalue weighted by Crippen LogP contribution is 2.26. The van der Waals surface area contributed by atoms with Crippen molar-refractivity contribution < 1.29 is 25.1 Å². The van der Waals surface area contributed by atoms with Crippen LogP contribution in [-0.4, -0.2) is 16.3 Å². The third-order valence-electron chi connectivity index (χ3n) is 4.14. The van der Waals surface area contributed by atoms with Crippen LogP contribution in [0.3, 0.4) is 0 Å². The van der Waals surface area contributed by atoms with E-state index in [9.17, 15) is 4.79 Å². The quantitative estimate of drug-likeness (QED) is 0.467. The van der Waals surface area contributed by atoms with E-state index in [1.54, 1.807) is 76.2 Å². The zero-order valence-electron chi connectivity index (χ0n) is 14.2. The molecule has 2 aromatic carbocycles. The molecule has 5 heteroatoms. The Morgan fingerprint density at radius 2 is 1.00 bits per heavy atom. The van der Waals surface area contributed by atoms with Crippen LogP contribution in [0.2, 0.25) is 0 Å². The molecule has 0 amide bonds. The van der Waals surface area contributed by atoms with Crippen molar-refractivity contribution in [2.24, 2.45) is 0 Å². The van der Waals surface area contributed by atoms with E-state index in [-0.39, 0.29) is 5.78 Å². The Hall–Kier alpha value is -2.05. The summed E-state index contributed by atoms with van der Waals surface area (Å²) in [6, 6.07) is 13.8. The number of hydrogen-bond acceptors (Lipinski definition) is 5. The Morgan fingerprint density at radius 1 is 0.708 bits per heavy atom. The van der Waals surface area contributed by atoms with Crippen molar-refractivity contribution in [3.05, 3.63) is 70.8 Å². The van der Waals surface area contributed by atoms with Gasteiger partial charge in [0.25, 0.3) is 0 Å². The van der Waals surface area contributed by atoms with Crippen molar-refractivity contribution in [2.45, 2.75) is 38.9 Å². The van der Waals surface area contributed by atoms with Gasteiger partial charge in [-0.1, -0.05) is 48.5 Å².